The van der Waals surface area contributed by atoms with Crippen molar-refractivity contribution in [2.45, 2.75) is 44.9 Å². The maximum absolute atomic E-state index is 11.6. The fraction of sp³-hybridized carbons (Fsp3) is 0.667. The van der Waals surface area contributed by atoms with Gasteiger partial charge < -0.3 is 0 Å². The van der Waals surface area contributed by atoms with Crippen LogP contribution in [0.25, 0.3) is 0 Å². The van der Waals surface area contributed by atoms with Crippen LogP contribution in [0.4, 0.5) is 0 Å². The molecule has 1 heterocycles. The van der Waals surface area contributed by atoms with Gasteiger partial charge >= 0.3 is 0 Å². The molecule has 0 spiro atoms. The molecule has 1 N–H and O–H groups in total. The van der Waals surface area contributed by atoms with E-state index in [0.717, 1.165) is 31.3 Å². The number of carbonyl (C=O) groups is 2. The van der Waals surface area contributed by atoms with Gasteiger partial charge in [0.1, 0.15) is 0 Å². The molecule has 0 aromatic carbocycles. The molecule has 2 amide bonds. The van der Waals surface area contributed by atoms with Gasteiger partial charge in [-0.3, -0.25) is 14.8 Å². The van der Waals surface area contributed by atoms with Gasteiger partial charge in [-0.05, 0) is 25.7 Å². The van der Waals surface area contributed by atoms with Crippen LogP contribution in [0.3, 0.4) is 0 Å². The topological polar surface area (TPSA) is 57.6 Å². The molecule has 0 aromatic heterocycles. The average Bonchev–Trinajstić information content (AvgIpc) is 2.46. The lowest BCUT2D eigenvalue weighted by Crippen LogP contribution is -2.27. The molecule has 1 aliphatic carbocycles. The highest BCUT2D eigenvalue weighted by atomic mass is 16.5. The second kappa shape index (κ2) is 4.78. The minimum absolute atomic E-state index is 0.140. The van der Waals surface area contributed by atoms with Crippen molar-refractivity contribution in [2.75, 3.05) is 0 Å². The van der Waals surface area contributed by atoms with Crippen molar-refractivity contribution in [3.8, 4) is 0 Å². The van der Waals surface area contributed by atoms with Crippen molar-refractivity contribution >= 4 is 11.8 Å². The number of hydrogen-bond donors (Lipinski definition) is 1. The molecule has 0 bridgehead atoms. The summed E-state index contributed by atoms with van der Waals surface area (Å²) in [4.78, 5) is 22.8. The molecule has 2 aliphatic rings. The Morgan fingerprint density at radius 3 is 2.62 bits per heavy atom. The summed E-state index contributed by atoms with van der Waals surface area (Å²) in [5.41, 5.74) is 1.05. The fourth-order valence-electron chi connectivity index (χ4n) is 2.44. The summed E-state index contributed by atoms with van der Waals surface area (Å²) in [5, 5.41) is 9.48. The van der Waals surface area contributed by atoms with E-state index >= 15 is 0 Å². The van der Waals surface area contributed by atoms with Crippen molar-refractivity contribution in [3.05, 3.63) is 11.6 Å². The molecule has 16 heavy (non-hydrogen) atoms. The van der Waals surface area contributed by atoms with Crippen molar-refractivity contribution in [1.29, 1.82) is 0 Å². The summed E-state index contributed by atoms with van der Waals surface area (Å²) in [6.45, 7) is 0. The first-order valence-corrected chi connectivity index (χ1v) is 5.95. The number of amides is 2. The van der Waals surface area contributed by atoms with E-state index < -0.39 is 17.7 Å². The lowest BCUT2D eigenvalue weighted by Gasteiger charge is -2.15. The number of allylic oxidation sites excluding steroid dienone is 1. The summed E-state index contributed by atoms with van der Waals surface area (Å²) < 4.78 is 0. The van der Waals surface area contributed by atoms with Crippen LogP contribution in [-0.4, -0.2) is 22.1 Å². The number of hydroxylamine groups is 2. The number of hydrogen-bond acceptors (Lipinski definition) is 3. The zero-order valence-electron chi connectivity index (χ0n) is 9.32. The fourth-order valence-corrected chi connectivity index (χ4v) is 2.44. The molecule has 1 fully saturated rings. The van der Waals surface area contributed by atoms with Gasteiger partial charge in [-0.1, -0.05) is 24.5 Å². The van der Waals surface area contributed by atoms with Crippen LogP contribution in [0, 0.1) is 5.92 Å². The summed E-state index contributed by atoms with van der Waals surface area (Å²) in [6, 6.07) is 0. The standard InChI is InChI=1S/C12H17NO3/c14-11-8-10(12(15)13(11)16)9-6-4-2-1-3-5-7-9/h6,10,16H,1-5,7-8H2/b9-6+. The van der Waals surface area contributed by atoms with E-state index in [2.05, 4.69) is 6.08 Å². The van der Waals surface area contributed by atoms with Crippen molar-refractivity contribution < 1.29 is 14.8 Å². The third-order valence-corrected chi connectivity index (χ3v) is 3.40. The smallest absolute Gasteiger partial charge is 0.260 e. The molecule has 0 saturated carbocycles. The van der Waals surface area contributed by atoms with Gasteiger partial charge in [-0.15, -0.1) is 0 Å². The number of imide groups is 1. The minimum Gasteiger partial charge on any atom is -0.278 e. The molecule has 4 nitrogen and oxygen atoms in total. The number of carbonyl (C=O) groups excluding carboxylic acids is 2. The number of rotatable bonds is 1. The SMILES string of the molecule is O=C1CC(/C2=C/CCCCCC2)C(=O)N1O. The van der Waals surface area contributed by atoms with Gasteiger partial charge in [0.25, 0.3) is 11.8 Å². The van der Waals surface area contributed by atoms with Gasteiger partial charge in [0.05, 0.1) is 5.92 Å². The Labute approximate surface area is 94.9 Å². The Kier molecular flexibility index (Phi) is 3.39. The first kappa shape index (κ1) is 11.3. The molecule has 4 heteroatoms. The molecular formula is C12H17NO3. The van der Waals surface area contributed by atoms with Gasteiger partial charge in [0, 0.05) is 6.42 Å². The first-order valence-electron chi connectivity index (χ1n) is 5.95. The van der Waals surface area contributed by atoms with Gasteiger partial charge in [0.2, 0.25) is 0 Å². The van der Waals surface area contributed by atoms with Crippen LogP contribution in [0.2, 0.25) is 0 Å². The predicted octanol–water partition coefficient (Wildman–Crippen LogP) is 2.03. The Bertz CT molecular complexity index is 335. The van der Waals surface area contributed by atoms with E-state index in [1.165, 1.54) is 12.8 Å². The summed E-state index contributed by atoms with van der Waals surface area (Å²) in [6.07, 6.45) is 8.77. The Morgan fingerprint density at radius 1 is 1.19 bits per heavy atom. The Balaban J connectivity index is 2.11. The highest BCUT2D eigenvalue weighted by Gasteiger charge is 2.39. The normalized spacial score (nSPS) is 30.9. The van der Waals surface area contributed by atoms with Crippen LogP contribution in [0.15, 0.2) is 11.6 Å². The highest BCUT2D eigenvalue weighted by molar-refractivity contribution is 6.03. The second-order valence-electron chi connectivity index (χ2n) is 4.53. The van der Waals surface area contributed by atoms with Crippen molar-refractivity contribution in [1.82, 2.24) is 5.06 Å². The van der Waals surface area contributed by atoms with Crippen molar-refractivity contribution in [3.63, 3.8) is 0 Å². The second-order valence-corrected chi connectivity index (χ2v) is 4.53. The molecule has 1 unspecified atom stereocenters. The summed E-state index contributed by atoms with van der Waals surface area (Å²) >= 11 is 0. The zero-order valence-corrected chi connectivity index (χ0v) is 9.32. The maximum atomic E-state index is 11.6. The summed E-state index contributed by atoms with van der Waals surface area (Å²) in [7, 11) is 0. The van der Waals surface area contributed by atoms with Gasteiger partial charge in [0.15, 0.2) is 0 Å². The van der Waals surface area contributed by atoms with Crippen LogP contribution in [0.5, 0.6) is 0 Å². The molecule has 2 rings (SSSR count). The molecule has 88 valence electrons. The highest BCUT2D eigenvalue weighted by Crippen LogP contribution is 2.30. The van der Waals surface area contributed by atoms with Crippen LogP contribution < -0.4 is 0 Å². The maximum Gasteiger partial charge on any atom is 0.260 e. The monoisotopic (exact) mass is 223 g/mol. The van der Waals surface area contributed by atoms with Crippen LogP contribution in [0.1, 0.15) is 44.9 Å². The van der Waals surface area contributed by atoms with Crippen molar-refractivity contribution in [2.24, 2.45) is 5.92 Å². The van der Waals surface area contributed by atoms with E-state index in [9.17, 15) is 14.8 Å². The zero-order chi connectivity index (χ0) is 11.5. The predicted molar refractivity (Wildman–Crippen MR) is 57.5 cm³/mol. The largest absolute Gasteiger partial charge is 0.278 e. The van der Waals surface area contributed by atoms with E-state index in [-0.39, 0.29) is 11.5 Å². The molecule has 1 aliphatic heterocycles. The van der Waals surface area contributed by atoms with E-state index in [0.29, 0.717) is 0 Å². The minimum atomic E-state index is -0.474. The quantitative estimate of drug-likeness (QED) is 0.420. The van der Waals surface area contributed by atoms with Gasteiger partial charge in [-0.2, -0.15) is 5.06 Å². The molecule has 1 atom stereocenters. The lowest BCUT2D eigenvalue weighted by molar-refractivity contribution is -0.171. The Hall–Kier alpha value is -1.16. The Morgan fingerprint density at radius 2 is 1.94 bits per heavy atom. The lowest BCUT2D eigenvalue weighted by atomic mass is 9.89. The summed E-state index contributed by atoms with van der Waals surface area (Å²) in [5.74, 6) is -1.31. The third kappa shape index (κ3) is 2.16. The average molecular weight is 223 g/mol. The number of nitrogens with zero attached hydrogens (tertiary/aromatic N) is 1. The van der Waals surface area contributed by atoms with E-state index in [1.807, 2.05) is 0 Å². The molecule has 1 saturated heterocycles. The van der Waals surface area contributed by atoms with Crippen LogP contribution in [-0.2, 0) is 9.59 Å². The van der Waals surface area contributed by atoms with Crippen LogP contribution >= 0.6 is 0 Å². The van der Waals surface area contributed by atoms with E-state index in [1.54, 1.807) is 0 Å². The molecule has 0 aromatic rings. The third-order valence-electron chi connectivity index (χ3n) is 3.40. The van der Waals surface area contributed by atoms with E-state index in [4.69, 9.17) is 0 Å². The molecular weight excluding hydrogens is 206 g/mol. The molecule has 0 radical (unpaired) electrons. The first-order chi connectivity index (χ1) is 7.70. The van der Waals surface area contributed by atoms with Gasteiger partial charge in [-0.25, -0.2) is 0 Å².